The van der Waals surface area contributed by atoms with E-state index in [-0.39, 0.29) is 0 Å². The van der Waals surface area contributed by atoms with Crippen molar-refractivity contribution < 1.29 is 0 Å². The van der Waals surface area contributed by atoms with Crippen molar-refractivity contribution in [2.45, 2.75) is 64.3 Å². The highest BCUT2D eigenvalue weighted by atomic mass is 35.5. The molecular weight excluding hydrogens is 354 g/mol. The highest BCUT2D eigenvalue weighted by Gasteiger charge is 2.19. The van der Waals surface area contributed by atoms with E-state index < -0.39 is 0 Å². The van der Waals surface area contributed by atoms with Crippen molar-refractivity contribution in [2.75, 3.05) is 23.3 Å². The quantitative estimate of drug-likeness (QED) is 0.460. The first-order chi connectivity index (χ1) is 12.1. The lowest BCUT2D eigenvalue weighted by molar-refractivity contribution is 0.436. The number of halogens is 1. The van der Waals surface area contributed by atoms with Crippen LogP contribution < -0.4 is 15.5 Å². The molecule has 1 saturated carbocycles. The Morgan fingerprint density at radius 3 is 2.48 bits per heavy atom. The van der Waals surface area contributed by atoms with Gasteiger partial charge < -0.3 is 15.5 Å². The third kappa shape index (κ3) is 5.68. The number of piperidine rings is 1. The number of thiocarbonyl (C=S) groups is 1. The third-order valence-electron chi connectivity index (χ3n) is 5.20. The molecule has 138 valence electrons. The predicted octanol–water partition coefficient (Wildman–Crippen LogP) is 4.38. The van der Waals surface area contributed by atoms with Gasteiger partial charge >= 0.3 is 0 Å². The molecule has 1 aliphatic heterocycles. The van der Waals surface area contributed by atoms with Crippen LogP contribution in [0.15, 0.2) is 6.07 Å². The van der Waals surface area contributed by atoms with E-state index in [9.17, 15) is 0 Å². The van der Waals surface area contributed by atoms with E-state index in [2.05, 4.69) is 32.4 Å². The van der Waals surface area contributed by atoms with Gasteiger partial charge in [0.1, 0.15) is 11.0 Å². The molecule has 0 unspecified atom stereocenters. The fourth-order valence-electron chi connectivity index (χ4n) is 3.61. The number of nitrogens with zero attached hydrogens (tertiary/aromatic N) is 3. The van der Waals surface area contributed by atoms with Gasteiger partial charge in [-0.05, 0) is 43.8 Å². The smallest absolute Gasteiger partial charge is 0.232 e. The molecule has 2 heterocycles. The van der Waals surface area contributed by atoms with E-state index in [1.54, 1.807) is 0 Å². The van der Waals surface area contributed by atoms with Gasteiger partial charge in [0.15, 0.2) is 5.11 Å². The maximum Gasteiger partial charge on any atom is 0.232 e. The summed E-state index contributed by atoms with van der Waals surface area (Å²) in [4.78, 5) is 11.2. The van der Waals surface area contributed by atoms with Crippen LogP contribution in [0.5, 0.6) is 0 Å². The molecule has 3 rings (SSSR count). The fraction of sp³-hybridized carbons (Fsp3) is 0.722. The topological polar surface area (TPSA) is 53.1 Å². The summed E-state index contributed by atoms with van der Waals surface area (Å²) in [5.41, 5.74) is 0. The zero-order valence-corrected chi connectivity index (χ0v) is 16.5. The van der Waals surface area contributed by atoms with Crippen molar-refractivity contribution in [1.82, 2.24) is 15.3 Å². The van der Waals surface area contributed by atoms with Crippen LogP contribution in [0.1, 0.15) is 58.3 Å². The van der Waals surface area contributed by atoms with Crippen molar-refractivity contribution in [3.8, 4) is 0 Å². The fourth-order valence-corrected chi connectivity index (χ4v) is 4.04. The first-order valence-corrected chi connectivity index (χ1v) is 10.3. The van der Waals surface area contributed by atoms with Gasteiger partial charge in [-0.15, -0.1) is 0 Å². The Morgan fingerprint density at radius 2 is 1.80 bits per heavy atom. The van der Waals surface area contributed by atoms with Crippen LogP contribution >= 0.6 is 23.8 Å². The summed E-state index contributed by atoms with van der Waals surface area (Å²) in [6.45, 7) is 4.33. The van der Waals surface area contributed by atoms with Gasteiger partial charge in [0.05, 0.1) is 0 Å². The summed E-state index contributed by atoms with van der Waals surface area (Å²) in [5, 5.41) is 7.58. The lowest BCUT2D eigenvalue weighted by Crippen LogP contribution is -2.38. The molecule has 25 heavy (non-hydrogen) atoms. The average Bonchev–Trinajstić information content (AvgIpc) is 2.83. The van der Waals surface area contributed by atoms with Crippen LogP contribution in [0.2, 0.25) is 5.15 Å². The van der Waals surface area contributed by atoms with E-state index in [0.29, 0.717) is 22.3 Å². The Hall–Kier alpha value is -1.14. The van der Waals surface area contributed by atoms with Gasteiger partial charge in [-0.1, -0.05) is 44.2 Å². The van der Waals surface area contributed by atoms with Gasteiger partial charge in [-0.25, -0.2) is 4.98 Å². The summed E-state index contributed by atoms with van der Waals surface area (Å²) >= 11 is 11.7. The Morgan fingerprint density at radius 1 is 1.12 bits per heavy atom. The molecule has 0 spiro atoms. The van der Waals surface area contributed by atoms with Crippen molar-refractivity contribution >= 4 is 40.7 Å². The second-order valence-corrected chi connectivity index (χ2v) is 8.12. The normalized spacial score (nSPS) is 20.2. The molecule has 2 N–H and O–H groups in total. The van der Waals surface area contributed by atoms with Gasteiger partial charge in [0, 0.05) is 25.2 Å². The standard InChI is InChI=1S/C18H28ClN5S/c1-13-8-10-24(11-9-13)16-12-15(19)21-17(22-16)23-18(25)20-14-6-4-2-3-5-7-14/h12-14H,2-11H2,1H3,(H2,20,21,22,23,25). The van der Waals surface area contributed by atoms with E-state index in [0.717, 1.165) is 24.8 Å². The van der Waals surface area contributed by atoms with Crippen molar-refractivity contribution in [2.24, 2.45) is 5.92 Å². The molecule has 0 amide bonds. The van der Waals surface area contributed by atoms with Gasteiger partial charge in [0.25, 0.3) is 0 Å². The molecule has 0 aromatic carbocycles. The average molecular weight is 382 g/mol. The molecule has 1 aromatic heterocycles. The summed E-state index contributed by atoms with van der Waals surface area (Å²) in [6.07, 6.45) is 9.92. The van der Waals surface area contributed by atoms with Gasteiger partial charge in [-0.3, -0.25) is 0 Å². The second-order valence-electron chi connectivity index (χ2n) is 7.33. The van der Waals surface area contributed by atoms with E-state index in [1.165, 1.54) is 51.4 Å². The summed E-state index contributed by atoms with van der Waals surface area (Å²) in [5.74, 6) is 2.14. The van der Waals surface area contributed by atoms with E-state index in [1.807, 2.05) is 6.07 Å². The van der Waals surface area contributed by atoms with Gasteiger partial charge in [-0.2, -0.15) is 4.98 Å². The van der Waals surface area contributed by atoms with Gasteiger partial charge in [0.2, 0.25) is 5.95 Å². The Kier molecular flexibility index (Phi) is 6.70. The van der Waals surface area contributed by atoms with E-state index in [4.69, 9.17) is 23.8 Å². The largest absolute Gasteiger partial charge is 0.360 e. The first-order valence-electron chi connectivity index (χ1n) is 9.47. The molecule has 5 nitrogen and oxygen atoms in total. The molecule has 1 aliphatic carbocycles. The minimum atomic E-state index is 0.448. The molecular formula is C18H28ClN5S. The number of anilines is 2. The minimum Gasteiger partial charge on any atom is -0.360 e. The monoisotopic (exact) mass is 381 g/mol. The molecule has 0 radical (unpaired) electrons. The van der Waals surface area contributed by atoms with Crippen molar-refractivity contribution in [3.05, 3.63) is 11.2 Å². The lowest BCUT2D eigenvalue weighted by Gasteiger charge is -2.31. The van der Waals surface area contributed by atoms with Crippen molar-refractivity contribution in [1.29, 1.82) is 0 Å². The lowest BCUT2D eigenvalue weighted by atomic mass is 9.99. The Labute approximate surface area is 160 Å². The zero-order chi connectivity index (χ0) is 17.6. The maximum atomic E-state index is 6.21. The minimum absolute atomic E-state index is 0.448. The van der Waals surface area contributed by atoms with Crippen LogP contribution in [-0.4, -0.2) is 34.2 Å². The molecule has 7 heteroatoms. The third-order valence-corrected chi connectivity index (χ3v) is 5.62. The van der Waals surface area contributed by atoms with Crippen LogP contribution in [-0.2, 0) is 0 Å². The Bertz CT molecular complexity index is 581. The molecule has 0 bridgehead atoms. The first kappa shape index (κ1) is 18.6. The number of hydrogen-bond donors (Lipinski definition) is 2. The maximum absolute atomic E-state index is 6.21. The zero-order valence-electron chi connectivity index (χ0n) is 14.9. The van der Waals surface area contributed by atoms with Crippen LogP contribution in [0, 0.1) is 5.92 Å². The number of nitrogens with one attached hydrogen (secondary N) is 2. The number of aromatic nitrogens is 2. The molecule has 1 saturated heterocycles. The summed E-state index contributed by atoms with van der Waals surface area (Å²) in [7, 11) is 0. The van der Waals surface area contributed by atoms with Crippen LogP contribution in [0.25, 0.3) is 0 Å². The number of hydrogen-bond acceptors (Lipinski definition) is 4. The highest BCUT2D eigenvalue weighted by Crippen LogP contribution is 2.24. The van der Waals surface area contributed by atoms with Crippen molar-refractivity contribution in [3.63, 3.8) is 0 Å². The molecule has 0 atom stereocenters. The summed E-state index contributed by atoms with van der Waals surface area (Å²) in [6, 6.07) is 2.29. The Balaban J connectivity index is 1.60. The summed E-state index contributed by atoms with van der Waals surface area (Å²) < 4.78 is 0. The second kappa shape index (κ2) is 8.99. The van der Waals surface area contributed by atoms with Crippen LogP contribution in [0.4, 0.5) is 11.8 Å². The molecule has 2 fully saturated rings. The molecule has 2 aliphatic rings. The van der Waals surface area contributed by atoms with E-state index >= 15 is 0 Å². The SMILES string of the molecule is CC1CCN(c2cc(Cl)nc(NC(=S)NC3CCCCCC3)n2)CC1. The highest BCUT2D eigenvalue weighted by molar-refractivity contribution is 7.80. The van der Waals surface area contributed by atoms with Crippen LogP contribution in [0.3, 0.4) is 0 Å². The molecule has 1 aromatic rings. The predicted molar refractivity (Wildman–Crippen MR) is 108 cm³/mol. The number of rotatable bonds is 3.